The van der Waals surface area contributed by atoms with Gasteiger partial charge in [-0.2, -0.15) is 0 Å². The average molecular weight is 184 g/mol. The summed E-state index contributed by atoms with van der Waals surface area (Å²) in [5.41, 5.74) is 1.33. The van der Waals surface area contributed by atoms with E-state index in [0.717, 1.165) is 12.0 Å². The summed E-state index contributed by atoms with van der Waals surface area (Å²) < 4.78 is 0. The van der Waals surface area contributed by atoms with Gasteiger partial charge in [0.2, 0.25) is 0 Å². The van der Waals surface area contributed by atoms with E-state index in [1.807, 2.05) is 12.1 Å². The lowest BCUT2D eigenvalue weighted by Gasteiger charge is -2.06. The molecule has 2 atom stereocenters. The molecule has 66 valence electrons. The molecule has 1 aromatic carbocycles. The zero-order chi connectivity index (χ0) is 8.97. The molecule has 0 amide bonds. The molecular formula is C9H13O2P. The second-order valence-corrected chi connectivity index (χ2v) is 3.76. The van der Waals surface area contributed by atoms with Crippen LogP contribution in [0.5, 0.6) is 5.75 Å². The van der Waals surface area contributed by atoms with Gasteiger partial charge in [0.1, 0.15) is 5.75 Å². The number of phenolic OH excluding ortho intramolecular Hbond substituents is 1. The van der Waals surface area contributed by atoms with E-state index in [-0.39, 0.29) is 18.0 Å². The summed E-state index contributed by atoms with van der Waals surface area (Å²) in [5.74, 6) is 0.281. The SMILES string of the molecule is OCC(P)Cc1ccc(O)cc1. The Morgan fingerprint density at radius 2 is 1.83 bits per heavy atom. The van der Waals surface area contributed by atoms with E-state index >= 15 is 0 Å². The van der Waals surface area contributed by atoms with Crippen molar-refractivity contribution in [1.82, 2.24) is 0 Å². The van der Waals surface area contributed by atoms with Crippen molar-refractivity contribution in [3.8, 4) is 5.75 Å². The van der Waals surface area contributed by atoms with Crippen LogP contribution < -0.4 is 0 Å². The molecule has 0 saturated carbocycles. The maximum Gasteiger partial charge on any atom is 0.115 e. The van der Waals surface area contributed by atoms with Crippen molar-refractivity contribution in [3.63, 3.8) is 0 Å². The molecule has 0 aliphatic carbocycles. The summed E-state index contributed by atoms with van der Waals surface area (Å²) in [6.07, 6.45) is 0.821. The van der Waals surface area contributed by atoms with Crippen molar-refractivity contribution < 1.29 is 10.2 Å². The molecule has 1 rings (SSSR count). The van der Waals surface area contributed by atoms with Crippen LogP contribution in [0.3, 0.4) is 0 Å². The minimum atomic E-state index is 0.172. The fraction of sp³-hybridized carbons (Fsp3) is 0.333. The fourth-order valence-corrected chi connectivity index (χ4v) is 1.27. The topological polar surface area (TPSA) is 40.5 Å². The van der Waals surface area contributed by atoms with Gasteiger partial charge in [0.25, 0.3) is 0 Å². The number of benzene rings is 1. The highest BCUT2D eigenvalue weighted by molar-refractivity contribution is 7.17. The van der Waals surface area contributed by atoms with Crippen molar-refractivity contribution in [1.29, 1.82) is 0 Å². The Balaban J connectivity index is 2.58. The number of aromatic hydroxyl groups is 1. The van der Waals surface area contributed by atoms with Gasteiger partial charge >= 0.3 is 0 Å². The molecule has 0 radical (unpaired) electrons. The quantitative estimate of drug-likeness (QED) is 0.692. The summed E-state index contributed by atoms with van der Waals surface area (Å²) in [4.78, 5) is 0. The Hall–Kier alpha value is -0.590. The van der Waals surface area contributed by atoms with Gasteiger partial charge in [0.05, 0.1) is 0 Å². The molecule has 3 heteroatoms. The first-order valence-electron chi connectivity index (χ1n) is 3.86. The molecule has 2 unspecified atom stereocenters. The first-order chi connectivity index (χ1) is 5.72. The van der Waals surface area contributed by atoms with Crippen LogP contribution >= 0.6 is 9.24 Å². The Morgan fingerprint density at radius 1 is 1.25 bits per heavy atom. The Kier molecular flexibility index (Phi) is 3.51. The van der Waals surface area contributed by atoms with Crippen molar-refractivity contribution in [2.75, 3.05) is 6.61 Å². The number of phenols is 1. The monoisotopic (exact) mass is 184 g/mol. The molecule has 1 aromatic rings. The third-order valence-corrected chi connectivity index (χ3v) is 2.12. The smallest absolute Gasteiger partial charge is 0.115 e. The van der Waals surface area contributed by atoms with Crippen molar-refractivity contribution in [3.05, 3.63) is 29.8 Å². The molecule has 0 aromatic heterocycles. The fourth-order valence-electron chi connectivity index (χ4n) is 0.999. The summed E-state index contributed by atoms with van der Waals surface area (Å²) in [7, 11) is 2.58. The van der Waals surface area contributed by atoms with E-state index in [0.29, 0.717) is 0 Å². The van der Waals surface area contributed by atoms with Crippen molar-refractivity contribution in [2.45, 2.75) is 12.1 Å². The molecule has 0 bridgehead atoms. The van der Waals surface area contributed by atoms with Crippen LogP contribution in [0.15, 0.2) is 24.3 Å². The number of rotatable bonds is 3. The van der Waals surface area contributed by atoms with Crippen LogP contribution in [-0.2, 0) is 6.42 Å². The molecule has 12 heavy (non-hydrogen) atoms. The standard InChI is InChI=1S/C9H13O2P/c10-6-9(12)5-7-1-3-8(11)4-2-7/h1-4,9-11H,5-6,12H2. The van der Waals surface area contributed by atoms with E-state index in [1.54, 1.807) is 12.1 Å². The summed E-state index contributed by atoms with van der Waals surface area (Å²) >= 11 is 0. The zero-order valence-corrected chi connectivity index (χ0v) is 7.93. The molecule has 0 heterocycles. The van der Waals surface area contributed by atoms with Gasteiger partial charge in [0.15, 0.2) is 0 Å². The highest BCUT2D eigenvalue weighted by Gasteiger charge is 2.01. The average Bonchev–Trinajstić information content (AvgIpc) is 2.09. The second kappa shape index (κ2) is 4.44. The third-order valence-electron chi connectivity index (χ3n) is 1.67. The molecular weight excluding hydrogens is 171 g/mol. The predicted octanol–water partition coefficient (Wildman–Crippen LogP) is 1.17. The van der Waals surface area contributed by atoms with Gasteiger partial charge in [-0.05, 0) is 24.1 Å². The van der Waals surface area contributed by atoms with E-state index < -0.39 is 0 Å². The normalized spacial score (nSPS) is 12.8. The second-order valence-electron chi connectivity index (χ2n) is 2.81. The van der Waals surface area contributed by atoms with E-state index in [9.17, 15) is 0 Å². The summed E-state index contributed by atoms with van der Waals surface area (Å²) in [5, 5.41) is 17.8. The van der Waals surface area contributed by atoms with E-state index in [1.165, 1.54) is 0 Å². The minimum absolute atomic E-state index is 0.172. The minimum Gasteiger partial charge on any atom is -0.508 e. The van der Waals surface area contributed by atoms with Gasteiger partial charge in [-0.25, -0.2) is 0 Å². The van der Waals surface area contributed by atoms with Crippen LogP contribution in [0.1, 0.15) is 5.56 Å². The Labute approximate surface area is 74.4 Å². The number of hydrogen-bond donors (Lipinski definition) is 2. The molecule has 0 fully saturated rings. The van der Waals surface area contributed by atoms with Gasteiger partial charge < -0.3 is 10.2 Å². The molecule has 2 nitrogen and oxygen atoms in total. The molecule has 0 aliphatic heterocycles. The van der Waals surface area contributed by atoms with Crippen LogP contribution in [0.2, 0.25) is 0 Å². The lowest BCUT2D eigenvalue weighted by molar-refractivity contribution is 0.294. The molecule has 0 aliphatic rings. The van der Waals surface area contributed by atoms with Crippen LogP contribution in [0.25, 0.3) is 0 Å². The number of hydrogen-bond acceptors (Lipinski definition) is 2. The number of aliphatic hydroxyl groups excluding tert-OH is 1. The largest absolute Gasteiger partial charge is 0.508 e. The first-order valence-corrected chi connectivity index (χ1v) is 4.53. The molecule has 0 saturated heterocycles. The van der Waals surface area contributed by atoms with Gasteiger partial charge in [-0.1, -0.05) is 12.1 Å². The van der Waals surface area contributed by atoms with Gasteiger partial charge in [0, 0.05) is 12.3 Å². The Bertz CT molecular complexity index is 233. The van der Waals surface area contributed by atoms with Gasteiger partial charge in [-0.3, -0.25) is 0 Å². The van der Waals surface area contributed by atoms with E-state index in [2.05, 4.69) is 9.24 Å². The predicted molar refractivity (Wildman–Crippen MR) is 52.4 cm³/mol. The summed E-state index contributed by atoms with van der Waals surface area (Å²) in [6.45, 7) is 0.172. The maximum absolute atomic E-state index is 8.99. The highest BCUT2D eigenvalue weighted by atomic mass is 31.0. The van der Waals surface area contributed by atoms with Crippen molar-refractivity contribution in [2.24, 2.45) is 0 Å². The number of aliphatic hydroxyl groups is 1. The third kappa shape index (κ3) is 2.80. The van der Waals surface area contributed by atoms with Crippen LogP contribution in [0, 0.1) is 0 Å². The zero-order valence-electron chi connectivity index (χ0n) is 6.77. The lowest BCUT2D eigenvalue weighted by atomic mass is 10.1. The van der Waals surface area contributed by atoms with Crippen molar-refractivity contribution >= 4 is 9.24 Å². The Morgan fingerprint density at radius 3 is 2.33 bits per heavy atom. The highest BCUT2D eigenvalue weighted by Crippen LogP contribution is 2.13. The first kappa shape index (κ1) is 9.50. The van der Waals surface area contributed by atoms with E-state index in [4.69, 9.17) is 10.2 Å². The van der Waals surface area contributed by atoms with Gasteiger partial charge in [-0.15, -0.1) is 9.24 Å². The molecule has 2 N–H and O–H groups in total. The summed E-state index contributed by atoms with van der Waals surface area (Å²) in [6, 6.07) is 7.04. The maximum atomic E-state index is 8.99. The lowest BCUT2D eigenvalue weighted by Crippen LogP contribution is -2.07. The van der Waals surface area contributed by atoms with Crippen LogP contribution in [0.4, 0.5) is 0 Å². The van der Waals surface area contributed by atoms with Crippen LogP contribution in [-0.4, -0.2) is 22.5 Å². The molecule has 0 spiro atoms.